The van der Waals surface area contributed by atoms with Gasteiger partial charge in [-0.15, -0.1) is 0 Å². The molecule has 15 heavy (non-hydrogen) atoms. The molecule has 2 N–H and O–H groups in total. The molecular weight excluding hydrogens is 192 g/mol. The number of amides is 1. The summed E-state index contributed by atoms with van der Waals surface area (Å²) in [6.07, 6.45) is 4.18. The van der Waals surface area contributed by atoms with Crippen LogP contribution in [0.25, 0.3) is 0 Å². The van der Waals surface area contributed by atoms with E-state index in [9.17, 15) is 4.79 Å². The third-order valence-electron chi connectivity index (χ3n) is 2.95. The van der Waals surface area contributed by atoms with Gasteiger partial charge in [-0.3, -0.25) is 9.48 Å². The number of likely N-dealkylation sites (N-methyl/N-ethyl adjacent to an activating group) is 1. The summed E-state index contributed by atoms with van der Waals surface area (Å²) in [6, 6.07) is -0.130. The van der Waals surface area contributed by atoms with Gasteiger partial charge < -0.3 is 10.6 Å². The van der Waals surface area contributed by atoms with Crippen molar-refractivity contribution in [1.82, 2.24) is 14.7 Å². The van der Waals surface area contributed by atoms with Crippen molar-refractivity contribution in [3.8, 4) is 0 Å². The van der Waals surface area contributed by atoms with Gasteiger partial charge in [0, 0.05) is 37.8 Å². The zero-order chi connectivity index (χ0) is 11.0. The highest BCUT2D eigenvalue weighted by Crippen LogP contribution is 2.29. The molecule has 5 heteroatoms. The summed E-state index contributed by atoms with van der Waals surface area (Å²) in [4.78, 5) is 13.2. The van der Waals surface area contributed by atoms with Crippen molar-refractivity contribution in [1.29, 1.82) is 0 Å². The van der Waals surface area contributed by atoms with Crippen LogP contribution in [0.15, 0.2) is 12.4 Å². The molecule has 0 saturated carbocycles. The quantitative estimate of drug-likeness (QED) is 0.751. The third-order valence-corrected chi connectivity index (χ3v) is 2.95. The lowest BCUT2D eigenvalue weighted by atomic mass is 10.1. The molecular formula is C10H16N4O. The van der Waals surface area contributed by atoms with Gasteiger partial charge >= 0.3 is 0 Å². The van der Waals surface area contributed by atoms with Crippen molar-refractivity contribution in [2.24, 2.45) is 5.73 Å². The Morgan fingerprint density at radius 2 is 2.40 bits per heavy atom. The molecule has 1 aliphatic rings. The molecule has 1 aromatic heterocycles. The van der Waals surface area contributed by atoms with Gasteiger partial charge in [-0.05, 0) is 6.92 Å². The molecule has 1 aromatic rings. The van der Waals surface area contributed by atoms with E-state index in [-0.39, 0.29) is 18.0 Å². The van der Waals surface area contributed by atoms with Gasteiger partial charge in [0.15, 0.2) is 0 Å². The number of nitrogens with two attached hydrogens (primary N) is 1. The first kappa shape index (κ1) is 10.2. The van der Waals surface area contributed by atoms with Crippen LogP contribution in [0.5, 0.6) is 0 Å². The van der Waals surface area contributed by atoms with E-state index in [0.717, 1.165) is 12.1 Å². The molecule has 2 rings (SSSR count). The van der Waals surface area contributed by atoms with E-state index in [1.807, 2.05) is 17.8 Å². The average Bonchev–Trinajstić information content (AvgIpc) is 2.74. The van der Waals surface area contributed by atoms with Crippen molar-refractivity contribution in [2.45, 2.75) is 32.0 Å². The molecule has 0 aliphatic carbocycles. The number of hydrogen-bond acceptors (Lipinski definition) is 3. The maximum Gasteiger partial charge on any atom is 0.224 e. The maximum absolute atomic E-state index is 11.5. The summed E-state index contributed by atoms with van der Waals surface area (Å²) in [5, 5.41) is 4.20. The fraction of sp³-hybridized carbons (Fsp3) is 0.600. The molecule has 1 fully saturated rings. The molecule has 5 nitrogen and oxygen atoms in total. The monoisotopic (exact) mass is 208 g/mol. The Morgan fingerprint density at radius 3 is 2.87 bits per heavy atom. The highest BCUT2D eigenvalue weighted by Gasteiger charge is 2.36. The van der Waals surface area contributed by atoms with Crippen LogP contribution in [0.3, 0.4) is 0 Å². The first-order chi connectivity index (χ1) is 7.13. The van der Waals surface area contributed by atoms with E-state index in [4.69, 9.17) is 5.73 Å². The van der Waals surface area contributed by atoms with Crippen LogP contribution in [0.2, 0.25) is 0 Å². The highest BCUT2D eigenvalue weighted by atomic mass is 16.2. The van der Waals surface area contributed by atoms with Gasteiger partial charge in [-0.1, -0.05) is 0 Å². The standard InChI is InChI=1S/C10H16N4O/c1-3-14-6-7(5-12-14)10-8(11)4-9(15)13(10)2/h5-6,8,10H,3-4,11H2,1-2H3/t8-,10+/m0/s1. The molecule has 1 saturated heterocycles. The number of aryl methyl sites for hydroxylation is 1. The number of likely N-dealkylation sites (tertiary alicyclic amines) is 1. The first-order valence-corrected chi connectivity index (χ1v) is 5.17. The molecule has 0 unspecified atom stereocenters. The second kappa shape index (κ2) is 3.66. The van der Waals surface area contributed by atoms with E-state index in [1.165, 1.54) is 0 Å². The van der Waals surface area contributed by atoms with Crippen LogP contribution < -0.4 is 5.73 Å². The van der Waals surface area contributed by atoms with Crippen molar-refractivity contribution in [3.05, 3.63) is 18.0 Å². The van der Waals surface area contributed by atoms with Gasteiger partial charge in [0.2, 0.25) is 5.91 Å². The summed E-state index contributed by atoms with van der Waals surface area (Å²) >= 11 is 0. The lowest BCUT2D eigenvalue weighted by Crippen LogP contribution is -2.29. The number of carbonyl (C=O) groups is 1. The van der Waals surface area contributed by atoms with E-state index >= 15 is 0 Å². The van der Waals surface area contributed by atoms with E-state index in [2.05, 4.69) is 5.10 Å². The number of hydrogen-bond donors (Lipinski definition) is 1. The predicted octanol–water partition coefficient (Wildman–Crippen LogP) is 0.133. The molecule has 1 amide bonds. The Hall–Kier alpha value is -1.36. The van der Waals surface area contributed by atoms with Crippen molar-refractivity contribution in [3.63, 3.8) is 0 Å². The smallest absolute Gasteiger partial charge is 0.224 e. The Bertz CT molecular complexity index is 373. The number of nitrogens with zero attached hydrogens (tertiary/aromatic N) is 3. The fourth-order valence-corrected chi connectivity index (χ4v) is 2.08. The predicted molar refractivity (Wildman–Crippen MR) is 56.0 cm³/mol. The Morgan fingerprint density at radius 1 is 1.67 bits per heavy atom. The number of carbonyl (C=O) groups excluding carboxylic acids is 1. The van der Waals surface area contributed by atoms with Gasteiger partial charge in [-0.2, -0.15) is 5.10 Å². The average molecular weight is 208 g/mol. The zero-order valence-electron chi connectivity index (χ0n) is 9.05. The lowest BCUT2D eigenvalue weighted by Gasteiger charge is -2.21. The molecule has 0 bridgehead atoms. The fourth-order valence-electron chi connectivity index (χ4n) is 2.08. The second-order valence-corrected chi connectivity index (χ2v) is 3.95. The zero-order valence-corrected chi connectivity index (χ0v) is 9.05. The van der Waals surface area contributed by atoms with Gasteiger partial charge in [0.05, 0.1) is 12.2 Å². The van der Waals surface area contributed by atoms with Crippen LogP contribution in [0, 0.1) is 0 Å². The van der Waals surface area contributed by atoms with Gasteiger partial charge in [0.25, 0.3) is 0 Å². The van der Waals surface area contributed by atoms with Crippen LogP contribution in [-0.2, 0) is 11.3 Å². The molecule has 1 aliphatic heterocycles. The Kier molecular flexibility index (Phi) is 2.48. The largest absolute Gasteiger partial charge is 0.337 e. The Labute approximate surface area is 88.8 Å². The molecule has 82 valence electrons. The van der Waals surface area contributed by atoms with Gasteiger partial charge in [0.1, 0.15) is 0 Å². The van der Waals surface area contributed by atoms with Crippen molar-refractivity contribution >= 4 is 5.91 Å². The van der Waals surface area contributed by atoms with Crippen molar-refractivity contribution < 1.29 is 4.79 Å². The minimum Gasteiger partial charge on any atom is -0.337 e. The van der Waals surface area contributed by atoms with E-state index < -0.39 is 0 Å². The third kappa shape index (κ3) is 1.63. The highest BCUT2D eigenvalue weighted by molar-refractivity contribution is 5.80. The van der Waals surface area contributed by atoms with E-state index in [1.54, 1.807) is 18.1 Å². The van der Waals surface area contributed by atoms with E-state index in [0.29, 0.717) is 6.42 Å². The van der Waals surface area contributed by atoms with Gasteiger partial charge in [-0.25, -0.2) is 0 Å². The molecule has 2 heterocycles. The minimum absolute atomic E-state index is 0.0159. The molecule has 0 spiro atoms. The first-order valence-electron chi connectivity index (χ1n) is 5.17. The van der Waals surface area contributed by atoms with Crippen LogP contribution in [0.4, 0.5) is 0 Å². The van der Waals surface area contributed by atoms with Crippen LogP contribution >= 0.6 is 0 Å². The van der Waals surface area contributed by atoms with Crippen LogP contribution in [0.1, 0.15) is 24.9 Å². The lowest BCUT2D eigenvalue weighted by molar-refractivity contribution is -0.127. The molecule has 2 atom stereocenters. The molecule has 0 aromatic carbocycles. The normalized spacial score (nSPS) is 26.3. The van der Waals surface area contributed by atoms with Crippen molar-refractivity contribution in [2.75, 3.05) is 7.05 Å². The van der Waals surface area contributed by atoms with Crippen LogP contribution in [-0.4, -0.2) is 33.7 Å². The number of aromatic nitrogens is 2. The summed E-state index contributed by atoms with van der Waals surface area (Å²) in [5.74, 6) is 0.108. The second-order valence-electron chi connectivity index (χ2n) is 3.95. The summed E-state index contributed by atoms with van der Waals surface area (Å²) < 4.78 is 1.85. The Balaban J connectivity index is 2.26. The summed E-state index contributed by atoms with van der Waals surface area (Å²) in [6.45, 7) is 2.86. The minimum atomic E-state index is -0.114. The number of rotatable bonds is 2. The SMILES string of the molecule is CCn1cc([C@@H]2[C@@H](N)CC(=O)N2C)cn1. The molecule has 0 radical (unpaired) electrons. The summed E-state index contributed by atoms with van der Waals surface area (Å²) in [7, 11) is 1.79. The topological polar surface area (TPSA) is 64.2 Å². The maximum atomic E-state index is 11.5. The summed E-state index contributed by atoms with van der Waals surface area (Å²) in [5.41, 5.74) is 6.97.